The van der Waals surface area contributed by atoms with E-state index in [2.05, 4.69) is 15.2 Å². The van der Waals surface area contributed by atoms with Crippen molar-refractivity contribution in [3.8, 4) is 0 Å². The summed E-state index contributed by atoms with van der Waals surface area (Å²) in [5.74, 6) is 0.443. The van der Waals surface area contributed by atoms with Crippen LogP contribution in [-0.2, 0) is 0 Å². The van der Waals surface area contributed by atoms with E-state index in [4.69, 9.17) is 17.3 Å². The molecule has 56 valence electrons. The molecule has 4 nitrogen and oxygen atoms in total. The maximum absolute atomic E-state index is 5.78. The standard InChI is InChI=1S/C6H5ClN4/c7-4-2-9-6(8)3-1-10-11-5(3)4/h1-2H,(H2,8,9)(H,10,11). The Kier molecular flexibility index (Phi) is 1.22. The molecule has 2 rings (SSSR count). The molecule has 0 bridgehead atoms. The van der Waals surface area contributed by atoms with Crippen LogP contribution < -0.4 is 5.73 Å². The first-order valence-corrected chi connectivity index (χ1v) is 3.40. The molecular formula is C6H5ClN4. The number of nitrogens with one attached hydrogen (secondary N) is 1. The average Bonchev–Trinajstić information content (AvgIpc) is 2.45. The smallest absolute Gasteiger partial charge is 0.134 e. The van der Waals surface area contributed by atoms with Gasteiger partial charge in [-0.2, -0.15) is 5.10 Å². The number of halogens is 1. The van der Waals surface area contributed by atoms with Crippen LogP contribution in [0.3, 0.4) is 0 Å². The van der Waals surface area contributed by atoms with Crippen molar-refractivity contribution >= 4 is 28.3 Å². The van der Waals surface area contributed by atoms with E-state index in [0.717, 1.165) is 10.9 Å². The van der Waals surface area contributed by atoms with E-state index in [0.29, 0.717) is 10.8 Å². The number of H-pyrrole nitrogens is 1. The number of rotatable bonds is 0. The Morgan fingerprint density at radius 1 is 1.45 bits per heavy atom. The van der Waals surface area contributed by atoms with Crippen LogP contribution in [0.1, 0.15) is 0 Å². The lowest BCUT2D eigenvalue weighted by molar-refractivity contribution is 1.12. The molecule has 0 aliphatic rings. The van der Waals surface area contributed by atoms with Crippen molar-refractivity contribution < 1.29 is 0 Å². The van der Waals surface area contributed by atoms with Crippen molar-refractivity contribution in [2.45, 2.75) is 0 Å². The number of anilines is 1. The summed E-state index contributed by atoms with van der Waals surface area (Å²) in [5.41, 5.74) is 6.28. The van der Waals surface area contributed by atoms with E-state index in [1.165, 1.54) is 6.20 Å². The number of fused-ring (bicyclic) bond motifs is 1. The molecule has 0 radical (unpaired) electrons. The molecule has 0 aliphatic carbocycles. The van der Waals surface area contributed by atoms with Crippen molar-refractivity contribution in [1.82, 2.24) is 15.2 Å². The highest BCUT2D eigenvalue weighted by atomic mass is 35.5. The maximum Gasteiger partial charge on any atom is 0.134 e. The van der Waals surface area contributed by atoms with Gasteiger partial charge in [0, 0.05) is 0 Å². The van der Waals surface area contributed by atoms with Gasteiger partial charge in [0.05, 0.1) is 28.3 Å². The Bertz CT molecular complexity index is 358. The van der Waals surface area contributed by atoms with Gasteiger partial charge in [-0.15, -0.1) is 0 Å². The first-order valence-electron chi connectivity index (χ1n) is 3.02. The van der Waals surface area contributed by atoms with E-state index in [1.807, 2.05) is 0 Å². The number of aromatic amines is 1. The number of hydrogen-bond donors (Lipinski definition) is 2. The van der Waals surface area contributed by atoms with E-state index in [-0.39, 0.29) is 0 Å². The summed E-state index contributed by atoms with van der Waals surface area (Å²) < 4.78 is 0. The monoisotopic (exact) mass is 168 g/mol. The second-order valence-electron chi connectivity index (χ2n) is 2.15. The van der Waals surface area contributed by atoms with Gasteiger partial charge >= 0.3 is 0 Å². The zero-order chi connectivity index (χ0) is 7.84. The van der Waals surface area contributed by atoms with Gasteiger partial charge in [0.15, 0.2) is 0 Å². The molecule has 3 N–H and O–H groups in total. The first kappa shape index (κ1) is 6.42. The van der Waals surface area contributed by atoms with Crippen molar-refractivity contribution in [3.63, 3.8) is 0 Å². The van der Waals surface area contributed by atoms with Gasteiger partial charge in [0.2, 0.25) is 0 Å². The fourth-order valence-corrected chi connectivity index (χ4v) is 1.12. The molecule has 0 aromatic carbocycles. The number of nitrogens with two attached hydrogens (primary N) is 1. The molecule has 0 unspecified atom stereocenters. The summed E-state index contributed by atoms with van der Waals surface area (Å²) in [6.07, 6.45) is 3.10. The van der Waals surface area contributed by atoms with Gasteiger partial charge in [-0.3, -0.25) is 5.10 Å². The van der Waals surface area contributed by atoms with Crippen LogP contribution in [0.25, 0.3) is 10.9 Å². The predicted octanol–water partition coefficient (Wildman–Crippen LogP) is 1.19. The summed E-state index contributed by atoms with van der Waals surface area (Å²) >= 11 is 5.78. The zero-order valence-electron chi connectivity index (χ0n) is 5.50. The van der Waals surface area contributed by atoms with Crippen LogP contribution in [0.15, 0.2) is 12.4 Å². The first-order chi connectivity index (χ1) is 5.29. The molecule has 5 heteroatoms. The van der Waals surface area contributed by atoms with Crippen LogP contribution in [0.2, 0.25) is 5.02 Å². The van der Waals surface area contributed by atoms with Crippen molar-refractivity contribution in [3.05, 3.63) is 17.4 Å². The number of pyridine rings is 1. The van der Waals surface area contributed by atoms with Gasteiger partial charge in [-0.05, 0) is 0 Å². The number of hydrogen-bond acceptors (Lipinski definition) is 3. The highest BCUT2D eigenvalue weighted by Gasteiger charge is 2.03. The van der Waals surface area contributed by atoms with Gasteiger partial charge < -0.3 is 5.73 Å². The fourth-order valence-electron chi connectivity index (χ4n) is 0.923. The van der Waals surface area contributed by atoms with Gasteiger partial charge in [-0.1, -0.05) is 11.6 Å². The molecular weight excluding hydrogens is 164 g/mol. The minimum absolute atomic E-state index is 0.443. The van der Waals surface area contributed by atoms with E-state index >= 15 is 0 Å². The minimum Gasteiger partial charge on any atom is -0.383 e. The lowest BCUT2D eigenvalue weighted by Crippen LogP contribution is -1.89. The summed E-state index contributed by atoms with van der Waals surface area (Å²) in [7, 11) is 0. The lowest BCUT2D eigenvalue weighted by Gasteiger charge is -1.94. The summed E-state index contributed by atoms with van der Waals surface area (Å²) in [5, 5.41) is 7.82. The molecule has 2 heterocycles. The Hall–Kier alpha value is -1.29. The topological polar surface area (TPSA) is 67.6 Å². The molecule has 2 aromatic rings. The van der Waals surface area contributed by atoms with Gasteiger partial charge in [0.1, 0.15) is 5.82 Å². The van der Waals surface area contributed by atoms with Gasteiger partial charge in [0.25, 0.3) is 0 Å². The SMILES string of the molecule is Nc1ncc(Cl)c2[nH]ncc12. The van der Waals surface area contributed by atoms with Crippen molar-refractivity contribution in [2.24, 2.45) is 0 Å². The van der Waals surface area contributed by atoms with Crippen LogP contribution in [0, 0.1) is 0 Å². The zero-order valence-corrected chi connectivity index (χ0v) is 6.26. The largest absolute Gasteiger partial charge is 0.383 e. The van der Waals surface area contributed by atoms with Gasteiger partial charge in [-0.25, -0.2) is 4.98 Å². The van der Waals surface area contributed by atoms with Crippen LogP contribution >= 0.6 is 11.6 Å². The second-order valence-corrected chi connectivity index (χ2v) is 2.56. The van der Waals surface area contributed by atoms with E-state index in [1.54, 1.807) is 6.20 Å². The highest BCUT2D eigenvalue weighted by Crippen LogP contribution is 2.22. The Balaban J connectivity index is 2.96. The highest BCUT2D eigenvalue weighted by molar-refractivity contribution is 6.35. The molecule has 0 fully saturated rings. The van der Waals surface area contributed by atoms with Crippen molar-refractivity contribution in [1.29, 1.82) is 0 Å². The van der Waals surface area contributed by atoms with E-state index < -0.39 is 0 Å². The van der Waals surface area contributed by atoms with Crippen LogP contribution in [0.4, 0.5) is 5.82 Å². The van der Waals surface area contributed by atoms with Crippen LogP contribution in [0.5, 0.6) is 0 Å². The number of nitrogen functional groups attached to an aromatic ring is 1. The Morgan fingerprint density at radius 2 is 2.27 bits per heavy atom. The quantitative estimate of drug-likeness (QED) is 0.621. The lowest BCUT2D eigenvalue weighted by atomic mass is 10.3. The third kappa shape index (κ3) is 0.832. The summed E-state index contributed by atoms with van der Waals surface area (Å²) in [6.45, 7) is 0. The minimum atomic E-state index is 0.443. The summed E-state index contributed by atoms with van der Waals surface area (Å²) in [4.78, 5) is 3.86. The average molecular weight is 169 g/mol. The molecule has 0 saturated heterocycles. The Labute approximate surface area is 67.4 Å². The molecule has 11 heavy (non-hydrogen) atoms. The normalized spacial score (nSPS) is 10.6. The number of nitrogens with zero attached hydrogens (tertiary/aromatic N) is 2. The molecule has 0 spiro atoms. The molecule has 0 saturated carbocycles. The third-order valence-electron chi connectivity index (χ3n) is 1.47. The second kappa shape index (κ2) is 2.10. The molecule has 0 aliphatic heterocycles. The van der Waals surface area contributed by atoms with Crippen LogP contribution in [-0.4, -0.2) is 15.2 Å². The van der Waals surface area contributed by atoms with Crippen molar-refractivity contribution in [2.75, 3.05) is 5.73 Å². The Morgan fingerprint density at radius 3 is 3.00 bits per heavy atom. The molecule has 0 atom stereocenters. The maximum atomic E-state index is 5.78. The predicted molar refractivity (Wildman–Crippen MR) is 43.3 cm³/mol. The van der Waals surface area contributed by atoms with E-state index in [9.17, 15) is 0 Å². The third-order valence-corrected chi connectivity index (χ3v) is 1.76. The summed E-state index contributed by atoms with van der Waals surface area (Å²) in [6, 6.07) is 0. The molecule has 0 amide bonds. The number of aromatic nitrogens is 3. The fraction of sp³-hybridized carbons (Fsp3) is 0. The molecule has 2 aromatic heterocycles.